The van der Waals surface area contributed by atoms with Crippen molar-refractivity contribution in [2.45, 2.75) is 45.3 Å². The highest BCUT2D eigenvalue weighted by Gasteiger charge is 2.27. The molecular formula is C22H35N5O3. The normalized spacial score (nSPS) is 16.9. The Morgan fingerprint density at radius 3 is 2.67 bits per heavy atom. The summed E-state index contributed by atoms with van der Waals surface area (Å²) in [5, 5.41) is 6.31. The standard InChI is InChI=1S/C22H35N5O3/c1-22(2,3)30-21(29)25-18-11-13-27(15-18)20(23-4)24-12-10-16-8-7-9-17(14-16)19(28)26(5)6/h7-9,14,18H,10-13,15H2,1-6H3,(H,23,24)(H,25,29). The number of alkyl carbamates (subject to hydrolysis) is 1. The fourth-order valence-electron chi connectivity index (χ4n) is 3.31. The molecule has 1 unspecified atom stereocenters. The Labute approximate surface area is 179 Å². The molecule has 1 aliphatic heterocycles. The highest BCUT2D eigenvalue weighted by Crippen LogP contribution is 2.12. The van der Waals surface area contributed by atoms with Gasteiger partial charge in [0.25, 0.3) is 5.91 Å². The largest absolute Gasteiger partial charge is 0.444 e. The molecule has 8 heteroatoms. The van der Waals surface area contributed by atoms with Gasteiger partial charge in [-0.25, -0.2) is 4.79 Å². The molecule has 8 nitrogen and oxygen atoms in total. The second-order valence-electron chi connectivity index (χ2n) is 8.70. The third kappa shape index (κ3) is 7.24. The maximum atomic E-state index is 12.1. The molecule has 1 aromatic rings. The van der Waals surface area contributed by atoms with Gasteiger partial charge in [-0.1, -0.05) is 12.1 Å². The van der Waals surface area contributed by atoms with E-state index in [1.165, 1.54) is 0 Å². The summed E-state index contributed by atoms with van der Waals surface area (Å²) in [7, 11) is 5.26. The minimum Gasteiger partial charge on any atom is -0.444 e. The minimum atomic E-state index is -0.506. The van der Waals surface area contributed by atoms with E-state index in [0.29, 0.717) is 18.7 Å². The number of amides is 2. The maximum Gasteiger partial charge on any atom is 0.407 e. The van der Waals surface area contributed by atoms with Gasteiger partial charge in [-0.2, -0.15) is 0 Å². The van der Waals surface area contributed by atoms with Gasteiger partial charge in [-0.15, -0.1) is 0 Å². The van der Waals surface area contributed by atoms with E-state index in [0.717, 1.165) is 30.9 Å². The SMILES string of the molecule is CN=C(NCCc1cccc(C(=O)N(C)C)c1)N1CCC(NC(=O)OC(C)(C)C)C1. The number of ether oxygens (including phenoxy) is 1. The quantitative estimate of drug-likeness (QED) is 0.566. The number of rotatable bonds is 5. The van der Waals surface area contributed by atoms with E-state index in [1.54, 1.807) is 26.0 Å². The zero-order valence-corrected chi connectivity index (χ0v) is 19.0. The molecule has 166 valence electrons. The number of nitrogens with zero attached hydrogens (tertiary/aromatic N) is 3. The Bertz CT molecular complexity index is 770. The van der Waals surface area contributed by atoms with Crippen molar-refractivity contribution in [2.75, 3.05) is 40.8 Å². The Hall–Kier alpha value is -2.77. The summed E-state index contributed by atoms with van der Waals surface area (Å²) in [6.45, 7) is 7.76. The lowest BCUT2D eigenvalue weighted by Crippen LogP contribution is -2.44. The Balaban J connectivity index is 1.82. The molecule has 0 radical (unpaired) electrons. The van der Waals surface area contributed by atoms with Crippen LogP contribution in [0.3, 0.4) is 0 Å². The van der Waals surface area contributed by atoms with Crippen LogP contribution in [0.4, 0.5) is 4.79 Å². The van der Waals surface area contributed by atoms with E-state index >= 15 is 0 Å². The van der Waals surface area contributed by atoms with E-state index in [2.05, 4.69) is 20.5 Å². The Morgan fingerprint density at radius 2 is 2.03 bits per heavy atom. The van der Waals surface area contributed by atoms with E-state index < -0.39 is 5.60 Å². The third-order valence-corrected chi connectivity index (χ3v) is 4.70. The summed E-state index contributed by atoms with van der Waals surface area (Å²) in [6, 6.07) is 7.73. The molecule has 0 aromatic heterocycles. The monoisotopic (exact) mass is 417 g/mol. The highest BCUT2D eigenvalue weighted by molar-refractivity contribution is 5.94. The van der Waals surface area contributed by atoms with Gasteiger partial charge in [0.1, 0.15) is 5.60 Å². The van der Waals surface area contributed by atoms with Crippen LogP contribution in [0.2, 0.25) is 0 Å². The van der Waals surface area contributed by atoms with Crippen LogP contribution in [-0.2, 0) is 11.2 Å². The lowest BCUT2D eigenvalue weighted by Gasteiger charge is -2.23. The van der Waals surface area contributed by atoms with E-state index in [1.807, 2.05) is 45.0 Å². The molecule has 1 aromatic carbocycles. The zero-order valence-electron chi connectivity index (χ0n) is 19.0. The smallest absolute Gasteiger partial charge is 0.407 e. The number of carbonyl (C=O) groups excluding carboxylic acids is 2. The van der Waals surface area contributed by atoms with Crippen molar-refractivity contribution >= 4 is 18.0 Å². The summed E-state index contributed by atoms with van der Waals surface area (Å²) in [6.07, 6.45) is 1.24. The number of aliphatic imine (C=N–C) groups is 1. The highest BCUT2D eigenvalue weighted by atomic mass is 16.6. The molecule has 1 aliphatic rings. The first kappa shape index (κ1) is 23.5. The summed E-state index contributed by atoms with van der Waals surface area (Å²) in [4.78, 5) is 32.2. The number of carbonyl (C=O) groups is 2. The average molecular weight is 418 g/mol. The minimum absolute atomic E-state index is 0.00112. The van der Waals surface area contributed by atoms with Crippen molar-refractivity contribution in [1.82, 2.24) is 20.4 Å². The van der Waals surface area contributed by atoms with E-state index in [4.69, 9.17) is 4.74 Å². The average Bonchev–Trinajstić information content (AvgIpc) is 3.11. The molecule has 1 fully saturated rings. The molecule has 0 saturated carbocycles. The van der Waals surface area contributed by atoms with Crippen LogP contribution in [-0.4, -0.2) is 80.2 Å². The number of guanidine groups is 1. The first-order valence-corrected chi connectivity index (χ1v) is 10.3. The van der Waals surface area contributed by atoms with Gasteiger partial charge in [0, 0.05) is 46.3 Å². The van der Waals surface area contributed by atoms with Crippen LogP contribution in [0, 0.1) is 0 Å². The molecule has 1 atom stereocenters. The zero-order chi connectivity index (χ0) is 22.3. The van der Waals surface area contributed by atoms with Gasteiger partial charge in [-0.3, -0.25) is 9.79 Å². The van der Waals surface area contributed by atoms with Crippen LogP contribution >= 0.6 is 0 Å². The maximum absolute atomic E-state index is 12.1. The molecule has 2 amide bonds. The lowest BCUT2D eigenvalue weighted by atomic mass is 10.1. The first-order valence-electron chi connectivity index (χ1n) is 10.3. The molecule has 1 saturated heterocycles. The number of likely N-dealkylation sites (tertiary alicyclic amines) is 1. The van der Waals surface area contributed by atoms with Gasteiger partial charge in [0.2, 0.25) is 0 Å². The van der Waals surface area contributed by atoms with Crippen LogP contribution in [0.1, 0.15) is 43.1 Å². The Kier molecular flexibility index (Phi) is 8.08. The van der Waals surface area contributed by atoms with Crippen molar-refractivity contribution in [2.24, 2.45) is 4.99 Å². The Morgan fingerprint density at radius 1 is 1.30 bits per heavy atom. The van der Waals surface area contributed by atoms with Gasteiger partial charge < -0.3 is 25.2 Å². The fraction of sp³-hybridized carbons (Fsp3) is 0.591. The van der Waals surface area contributed by atoms with E-state index in [9.17, 15) is 9.59 Å². The predicted molar refractivity (Wildman–Crippen MR) is 119 cm³/mol. The van der Waals surface area contributed by atoms with Crippen molar-refractivity contribution in [1.29, 1.82) is 0 Å². The molecule has 0 bridgehead atoms. The lowest BCUT2D eigenvalue weighted by molar-refractivity contribution is 0.0507. The summed E-state index contributed by atoms with van der Waals surface area (Å²) >= 11 is 0. The first-order chi connectivity index (χ1) is 14.1. The van der Waals surface area contributed by atoms with Crippen LogP contribution in [0.25, 0.3) is 0 Å². The predicted octanol–water partition coefficient (Wildman–Crippen LogP) is 2.11. The third-order valence-electron chi connectivity index (χ3n) is 4.70. The number of hydrogen-bond acceptors (Lipinski definition) is 4. The van der Waals surface area contributed by atoms with Gasteiger partial charge in [-0.05, 0) is 51.3 Å². The van der Waals surface area contributed by atoms with Crippen molar-refractivity contribution < 1.29 is 14.3 Å². The molecule has 30 heavy (non-hydrogen) atoms. The summed E-state index contributed by atoms with van der Waals surface area (Å²) < 4.78 is 5.34. The van der Waals surface area contributed by atoms with Crippen molar-refractivity contribution in [3.05, 3.63) is 35.4 Å². The molecule has 0 spiro atoms. The topological polar surface area (TPSA) is 86.3 Å². The fourth-order valence-corrected chi connectivity index (χ4v) is 3.31. The van der Waals surface area contributed by atoms with Crippen LogP contribution in [0.15, 0.2) is 29.3 Å². The van der Waals surface area contributed by atoms with Crippen LogP contribution < -0.4 is 10.6 Å². The summed E-state index contributed by atoms with van der Waals surface area (Å²) in [5.74, 6) is 0.810. The molecule has 2 N–H and O–H groups in total. The van der Waals surface area contributed by atoms with Gasteiger partial charge in [0.05, 0.1) is 6.04 Å². The second kappa shape index (κ2) is 10.3. The molecule has 2 rings (SSSR count). The van der Waals surface area contributed by atoms with Crippen molar-refractivity contribution in [3.8, 4) is 0 Å². The molecule has 0 aliphatic carbocycles. The number of benzene rings is 1. The van der Waals surface area contributed by atoms with Gasteiger partial charge >= 0.3 is 6.09 Å². The summed E-state index contributed by atoms with van der Waals surface area (Å²) in [5.41, 5.74) is 1.28. The second-order valence-corrected chi connectivity index (χ2v) is 8.70. The van der Waals surface area contributed by atoms with Crippen LogP contribution in [0.5, 0.6) is 0 Å². The van der Waals surface area contributed by atoms with Crippen molar-refractivity contribution in [3.63, 3.8) is 0 Å². The molecular weight excluding hydrogens is 382 g/mol. The number of nitrogens with one attached hydrogen (secondary N) is 2. The molecule has 1 heterocycles. The number of hydrogen-bond donors (Lipinski definition) is 2. The van der Waals surface area contributed by atoms with E-state index in [-0.39, 0.29) is 18.0 Å². The van der Waals surface area contributed by atoms with Gasteiger partial charge in [0.15, 0.2) is 5.96 Å².